The van der Waals surface area contributed by atoms with Crippen LogP contribution < -0.4 is 4.74 Å². The predicted molar refractivity (Wildman–Crippen MR) is 95.3 cm³/mol. The number of benzene rings is 2. The Morgan fingerprint density at radius 2 is 1.88 bits per heavy atom. The SMILES string of the molecule is Fc1ccc2c(c1F)[C@@]1(CCc3ccc(Cl)cc3)CCCC[C@H]1CO2. The molecule has 4 heteroatoms. The first-order valence-electron chi connectivity index (χ1n) is 8.96. The molecule has 4 rings (SSSR count). The van der Waals surface area contributed by atoms with Crippen molar-refractivity contribution in [1.29, 1.82) is 0 Å². The molecule has 0 N–H and O–H groups in total. The Bertz CT molecular complexity index is 774. The van der Waals surface area contributed by atoms with E-state index in [0.717, 1.165) is 38.5 Å². The fourth-order valence-corrected chi connectivity index (χ4v) is 4.79. The Hall–Kier alpha value is -1.61. The summed E-state index contributed by atoms with van der Waals surface area (Å²) in [5.41, 5.74) is 1.31. The van der Waals surface area contributed by atoms with Crippen molar-refractivity contribution >= 4 is 11.6 Å². The van der Waals surface area contributed by atoms with Crippen LogP contribution in [0.25, 0.3) is 0 Å². The largest absolute Gasteiger partial charge is 0.493 e. The molecule has 1 saturated carbocycles. The van der Waals surface area contributed by atoms with Gasteiger partial charge >= 0.3 is 0 Å². The summed E-state index contributed by atoms with van der Waals surface area (Å²) in [6.45, 7) is 0.596. The fourth-order valence-electron chi connectivity index (χ4n) is 4.66. The molecule has 0 bridgehead atoms. The van der Waals surface area contributed by atoms with Crippen molar-refractivity contribution in [3.05, 3.63) is 64.2 Å². The molecule has 2 aromatic carbocycles. The topological polar surface area (TPSA) is 9.23 Å². The maximum absolute atomic E-state index is 14.8. The van der Waals surface area contributed by atoms with Gasteiger partial charge in [-0.25, -0.2) is 8.78 Å². The highest BCUT2D eigenvalue weighted by Gasteiger charge is 2.48. The van der Waals surface area contributed by atoms with Gasteiger partial charge in [0.2, 0.25) is 0 Å². The lowest BCUT2D eigenvalue weighted by Gasteiger charge is -2.48. The summed E-state index contributed by atoms with van der Waals surface area (Å²) >= 11 is 5.97. The summed E-state index contributed by atoms with van der Waals surface area (Å²) in [7, 11) is 0. The van der Waals surface area contributed by atoms with Gasteiger partial charge in [-0.05, 0) is 55.5 Å². The number of hydrogen-bond donors (Lipinski definition) is 0. The molecule has 0 unspecified atom stereocenters. The van der Waals surface area contributed by atoms with Crippen LogP contribution in [-0.2, 0) is 11.8 Å². The van der Waals surface area contributed by atoms with E-state index >= 15 is 0 Å². The minimum Gasteiger partial charge on any atom is -0.493 e. The molecule has 2 aliphatic rings. The average Bonchev–Trinajstić information content (AvgIpc) is 2.64. The highest BCUT2D eigenvalue weighted by Crippen LogP contribution is 2.53. The second-order valence-electron chi connectivity index (χ2n) is 7.27. The summed E-state index contributed by atoms with van der Waals surface area (Å²) < 4.78 is 34.6. The fraction of sp³-hybridized carbons (Fsp3) is 0.429. The summed E-state index contributed by atoms with van der Waals surface area (Å²) in [5.74, 6) is -0.731. The Balaban J connectivity index is 1.73. The third-order valence-electron chi connectivity index (χ3n) is 5.97. The Morgan fingerprint density at radius 3 is 2.68 bits per heavy atom. The lowest BCUT2D eigenvalue weighted by atomic mass is 9.59. The number of hydrogen-bond acceptors (Lipinski definition) is 1. The molecule has 0 spiro atoms. The quantitative estimate of drug-likeness (QED) is 0.643. The van der Waals surface area contributed by atoms with Gasteiger partial charge in [0.05, 0.1) is 6.61 Å². The molecule has 2 aromatic rings. The summed E-state index contributed by atoms with van der Waals surface area (Å²) in [5, 5.41) is 0.710. The average molecular weight is 363 g/mol. The van der Waals surface area contributed by atoms with Gasteiger partial charge < -0.3 is 4.74 Å². The van der Waals surface area contributed by atoms with Gasteiger partial charge in [-0.1, -0.05) is 36.6 Å². The van der Waals surface area contributed by atoms with E-state index in [0.29, 0.717) is 22.9 Å². The normalized spacial score (nSPS) is 25.0. The van der Waals surface area contributed by atoms with Gasteiger partial charge in [0.25, 0.3) is 0 Å². The van der Waals surface area contributed by atoms with E-state index in [1.54, 1.807) is 6.07 Å². The molecule has 1 nitrogen and oxygen atoms in total. The summed E-state index contributed by atoms with van der Waals surface area (Å²) in [6.07, 6.45) is 5.70. The van der Waals surface area contributed by atoms with E-state index in [9.17, 15) is 8.78 Å². The van der Waals surface area contributed by atoms with Crippen molar-refractivity contribution in [2.24, 2.45) is 5.92 Å². The van der Waals surface area contributed by atoms with Gasteiger partial charge in [0.15, 0.2) is 11.6 Å². The molecule has 0 amide bonds. The maximum atomic E-state index is 14.8. The Kier molecular flexibility index (Phi) is 4.45. The van der Waals surface area contributed by atoms with Gasteiger partial charge in [0, 0.05) is 21.9 Å². The molecule has 1 fully saturated rings. The molecule has 1 heterocycles. The lowest BCUT2D eigenvalue weighted by Crippen LogP contribution is -2.45. The third-order valence-corrected chi connectivity index (χ3v) is 6.23. The van der Waals surface area contributed by atoms with E-state index in [-0.39, 0.29) is 11.3 Å². The third kappa shape index (κ3) is 2.93. The van der Waals surface area contributed by atoms with Crippen molar-refractivity contribution in [3.8, 4) is 5.75 Å². The highest BCUT2D eigenvalue weighted by molar-refractivity contribution is 6.30. The van der Waals surface area contributed by atoms with Crippen molar-refractivity contribution in [2.75, 3.05) is 6.61 Å². The standard InChI is InChI=1S/C21H21ClF2O/c22-16-6-4-14(5-7-16)10-12-21-11-2-1-3-15(21)13-25-18-9-8-17(23)20(24)19(18)21/h4-9,15H,1-3,10-13H2/t15-,21+/m0/s1. The predicted octanol–water partition coefficient (Wildman–Crippen LogP) is 6.07. The van der Waals surface area contributed by atoms with Crippen molar-refractivity contribution in [2.45, 2.75) is 43.9 Å². The molecule has 1 aliphatic heterocycles. The molecule has 0 aromatic heterocycles. The number of fused-ring (bicyclic) bond motifs is 3. The monoisotopic (exact) mass is 362 g/mol. The van der Waals surface area contributed by atoms with Gasteiger partial charge in [-0.2, -0.15) is 0 Å². The van der Waals surface area contributed by atoms with E-state index in [2.05, 4.69) is 0 Å². The highest BCUT2D eigenvalue weighted by atomic mass is 35.5. The van der Waals surface area contributed by atoms with Crippen LogP contribution in [0.3, 0.4) is 0 Å². The van der Waals surface area contributed by atoms with Crippen LogP contribution in [0.4, 0.5) is 8.78 Å². The molecule has 25 heavy (non-hydrogen) atoms. The molecule has 1 aliphatic carbocycles. The van der Waals surface area contributed by atoms with Crippen molar-refractivity contribution < 1.29 is 13.5 Å². The zero-order valence-electron chi connectivity index (χ0n) is 14.0. The summed E-state index contributed by atoms with van der Waals surface area (Å²) in [6, 6.07) is 10.5. The van der Waals surface area contributed by atoms with E-state index in [1.165, 1.54) is 11.6 Å². The van der Waals surface area contributed by atoms with Crippen LogP contribution in [-0.4, -0.2) is 6.61 Å². The molecule has 132 valence electrons. The Labute approximate surface area is 152 Å². The molecule has 0 radical (unpaired) electrons. The van der Waals surface area contributed by atoms with E-state index in [4.69, 9.17) is 16.3 Å². The molecule has 0 saturated heterocycles. The zero-order chi connectivity index (χ0) is 17.4. The molecular formula is C21H21ClF2O. The molecular weight excluding hydrogens is 342 g/mol. The van der Waals surface area contributed by atoms with Crippen molar-refractivity contribution in [3.63, 3.8) is 0 Å². The number of rotatable bonds is 3. The lowest BCUT2D eigenvalue weighted by molar-refractivity contribution is 0.0751. The van der Waals surface area contributed by atoms with Crippen molar-refractivity contribution in [1.82, 2.24) is 0 Å². The minimum absolute atomic E-state index is 0.248. The first-order chi connectivity index (χ1) is 12.1. The van der Waals surface area contributed by atoms with Crippen LogP contribution in [0.5, 0.6) is 5.75 Å². The first-order valence-corrected chi connectivity index (χ1v) is 9.34. The zero-order valence-corrected chi connectivity index (χ0v) is 14.8. The second kappa shape index (κ2) is 6.60. The number of halogens is 3. The van der Waals surface area contributed by atoms with Crippen LogP contribution in [0.15, 0.2) is 36.4 Å². The van der Waals surface area contributed by atoms with Crippen LogP contribution in [0, 0.1) is 17.6 Å². The Morgan fingerprint density at radius 1 is 1.08 bits per heavy atom. The van der Waals surface area contributed by atoms with Crippen LogP contribution >= 0.6 is 11.6 Å². The second-order valence-corrected chi connectivity index (χ2v) is 7.71. The van der Waals surface area contributed by atoms with Gasteiger partial charge in [-0.3, -0.25) is 0 Å². The number of ether oxygens (including phenoxy) is 1. The minimum atomic E-state index is -0.778. The summed E-state index contributed by atoms with van der Waals surface area (Å²) in [4.78, 5) is 0. The number of aryl methyl sites for hydroxylation is 1. The van der Waals surface area contributed by atoms with Gasteiger partial charge in [-0.15, -0.1) is 0 Å². The van der Waals surface area contributed by atoms with Gasteiger partial charge in [0.1, 0.15) is 5.75 Å². The van der Waals surface area contributed by atoms with Crippen LogP contribution in [0.2, 0.25) is 5.02 Å². The van der Waals surface area contributed by atoms with E-state index in [1.807, 2.05) is 24.3 Å². The molecule has 2 atom stereocenters. The van der Waals surface area contributed by atoms with Crippen LogP contribution in [0.1, 0.15) is 43.2 Å². The smallest absolute Gasteiger partial charge is 0.166 e. The van der Waals surface area contributed by atoms with E-state index < -0.39 is 11.6 Å². The maximum Gasteiger partial charge on any atom is 0.166 e. The first kappa shape index (κ1) is 16.8.